The molecular formula is C24H32N2OS. The first-order chi connectivity index (χ1) is 13.4. The minimum atomic E-state index is 0.153. The van der Waals surface area contributed by atoms with Crippen molar-refractivity contribution in [1.82, 2.24) is 0 Å². The molecule has 0 spiro atoms. The van der Waals surface area contributed by atoms with Crippen molar-refractivity contribution in [3.8, 4) is 5.75 Å². The van der Waals surface area contributed by atoms with E-state index < -0.39 is 0 Å². The van der Waals surface area contributed by atoms with Crippen molar-refractivity contribution in [2.24, 2.45) is 4.99 Å². The molecule has 1 heterocycles. The number of anilines is 1. The Hall–Kier alpha value is -1.94. The van der Waals surface area contributed by atoms with Gasteiger partial charge in [-0.2, -0.15) is 0 Å². The van der Waals surface area contributed by atoms with Crippen LogP contribution in [0.25, 0.3) is 0 Å². The van der Waals surface area contributed by atoms with Crippen LogP contribution in [0.15, 0.2) is 46.3 Å². The van der Waals surface area contributed by atoms with Gasteiger partial charge in [-0.1, -0.05) is 26.0 Å². The number of methoxy groups -OCH3 is 1. The van der Waals surface area contributed by atoms with Gasteiger partial charge in [-0.3, -0.25) is 4.99 Å². The van der Waals surface area contributed by atoms with Crippen molar-refractivity contribution in [1.29, 1.82) is 0 Å². The summed E-state index contributed by atoms with van der Waals surface area (Å²) in [5, 5.41) is 0. The number of fused-ring (bicyclic) bond motifs is 1. The molecule has 0 aromatic heterocycles. The third kappa shape index (κ3) is 4.07. The summed E-state index contributed by atoms with van der Waals surface area (Å²) in [5.41, 5.74) is 4.90. The predicted octanol–water partition coefficient (Wildman–Crippen LogP) is 6.67. The molecule has 4 heteroatoms. The maximum Gasteiger partial charge on any atom is 0.129 e. The molecule has 0 aliphatic carbocycles. The van der Waals surface area contributed by atoms with Crippen molar-refractivity contribution in [2.75, 3.05) is 24.8 Å². The Morgan fingerprint density at radius 1 is 1.29 bits per heavy atom. The number of hydrogen-bond donors (Lipinski definition) is 0. The quantitative estimate of drug-likeness (QED) is 0.403. The summed E-state index contributed by atoms with van der Waals surface area (Å²) >= 11 is 1.72. The van der Waals surface area contributed by atoms with E-state index in [-0.39, 0.29) is 5.54 Å². The van der Waals surface area contributed by atoms with Crippen LogP contribution < -0.4 is 9.64 Å². The van der Waals surface area contributed by atoms with Crippen LogP contribution in [0.2, 0.25) is 0 Å². The number of thioether (sulfide) groups is 1. The third-order valence-corrected chi connectivity index (χ3v) is 6.40. The number of nitrogens with zero attached hydrogens (tertiary/aromatic N) is 2. The Labute approximate surface area is 174 Å². The number of rotatable bonds is 6. The molecule has 1 aliphatic rings. The topological polar surface area (TPSA) is 24.8 Å². The third-order valence-electron chi connectivity index (χ3n) is 5.61. The van der Waals surface area contributed by atoms with Crippen LogP contribution in [0.5, 0.6) is 5.75 Å². The van der Waals surface area contributed by atoms with Crippen LogP contribution in [-0.2, 0) is 0 Å². The molecule has 0 N–H and O–H groups in total. The normalized spacial score (nSPS) is 18.4. The van der Waals surface area contributed by atoms with E-state index in [0.717, 1.165) is 36.4 Å². The van der Waals surface area contributed by atoms with Crippen molar-refractivity contribution in [2.45, 2.75) is 56.9 Å². The molecule has 0 radical (unpaired) electrons. The van der Waals surface area contributed by atoms with Gasteiger partial charge in [0.05, 0.1) is 12.8 Å². The van der Waals surface area contributed by atoms with E-state index >= 15 is 0 Å². The molecule has 0 fully saturated rings. The predicted molar refractivity (Wildman–Crippen MR) is 123 cm³/mol. The number of ether oxygens (including phenoxy) is 1. The lowest BCUT2D eigenvalue weighted by molar-refractivity contribution is 0.372. The molecule has 1 aliphatic heterocycles. The molecular weight excluding hydrogens is 364 g/mol. The lowest BCUT2D eigenvalue weighted by Crippen LogP contribution is -2.48. The maximum atomic E-state index is 5.76. The first-order valence-corrected chi connectivity index (χ1v) is 11.3. The Morgan fingerprint density at radius 3 is 2.71 bits per heavy atom. The summed E-state index contributed by atoms with van der Waals surface area (Å²) in [4.78, 5) is 8.51. The summed E-state index contributed by atoms with van der Waals surface area (Å²) in [6, 6.07) is 12.7. The number of benzene rings is 2. The molecule has 0 bridgehead atoms. The average Bonchev–Trinajstić information content (AvgIpc) is 2.68. The summed E-state index contributed by atoms with van der Waals surface area (Å²) in [5.74, 6) is 1.39. The van der Waals surface area contributed by atoms with Gasteiger partial charge < -0.3 is 9.64 Å². The fourth-order valence-electron chi connectivity index (χ4n) is 4.33. The van der Waals surface area contributed by atoms with Gasteiger partial charge in [0, 0.05) is 40.5 Å². The fraction of sp³-hybridized carbons (Fsp3) is 0.458. The van der Waals surface area contributed by atoms with E-state index in [9.17, 15) is 0 Å². The second-order valence-electron chi connectivity index (χ2n) is 8.15. The van der Waals surface area contributed by atoms with Gasteiger partial charge in [-0.05, 0) is 62.6 Å². The Morgan fingerprint density at radius 2 is 2.04 bits per heavy atom. The van der Waals surface area contributed by atoms with Crippen LogP contribution in [-0.4, -0.2) is 31.7 Å². The zero-order valence-electron chi connectivity index (χ0n) is 18.0. The van der Waals surface area contributed by atoms with Crippen LogP contribution in [0.3, 0.4) is 0 Å². The first kappa shape index (κ1) is 20.8. The van der Waals surface area contributed by atoms with Gasteiger partial charge in [0.1, 0.15) is 5.75 Å². The molecule has 0 saturated carbocycles. The highest BCUT2D eigenvalue weighted by Gasteiger charge is 2.36. The fourth-order valence-corrected chi connectivity index (χ4v) is 4.87. The Balaban J connectivity index is 2.05. The van der Waals surface area contributed by atoms with Crippen LogP contribution in [0, 0.1) is 0 Å². The van der Waals surface area contributed by atoms with Gasteiger partial charge in [0.2, 0.25) is 0 Å². The number of hydrogen-bond acceptors (Lipinski definition) is 4. The highest BCUT2D eigenvalue weighted by atomic mass is 32.2. The van der Waals surface area contributed by atoms with Crippen molar-refractivity contribution >= 4 is 29.4 Å². The number of aliphatic imine (C=N–C) groups is 1. The second-order valence-corrected chi connectivity index (χ2v) is 9.00. The molecule has 0 saturated heterocycles. The standard InChI is InChI=1S/C24H32N2OS/c1-7-12-26-21-14-22(27-5)18(13-19(21)17(2)15-24(26,3)4)16-25-20-10-8-9-11-23(20)28-6/h8-11,13-14,16-17H,7,12,15H2,1-6H3. The molecule has 150 valence electrons. The molecule has 2 aromatic carbocycles. The summed E-state index contributed by atoms with van der Waals surface area (Å²) < 4.78 is 5.76. The highest BCUT2D eigenvalue weighted by molar-refractivity contribution is 7.98. The summed E-state index contributed by atoms with van der Waals surface area (Å²) in [6.07, 6.45) is 6.32. The first-order valence-electron chi connectivity index (χ1n) is 10.1. The van der Waals surface area contributed by atoms with Gasteiger partial charge >= 0.3 is 0 Å². The van der Waals surface area contributed by atoms with Gasteiger partial charge in [0.15, 0.2) is 0 Å². The van der Waals surface area contributed by atoms with Gasteiger partial charge in [-0.25, -0.2) is 0 Å². The largest absolute Gasteiger partial charge is 0.496 e. The Bertz CT molecular complexity index is 860. The molecule has 3 nitrogen and oxygen atoms in total. The molecule has 3 rings (SSSR count). The minimum absolute atomic E-state index is 0.153. The molecule has 1 unspecified atom stereocenters. The van der Waals surface area contributed by atoms with Crippen LogP contribution in [0.4, 0.5) is 11.4 Å². The van der Waals surface area contributed by atoms with Gasteiger partial charge in [-0.15, -0.1) is 11.8 Å². The van der Waals surface area contributed by atoms with Crippen molar-refractivity contribution < 1.29 is 4.74 Å². The molecule has 2 aromatic rings. The van der Waals surface area contributed by atoms with E-state index in [1.807, 2.05) is 12.3 Å². The second kappa shape index (κ2) is 8.60. The molecule has 1 atom stereocenters. The monoisotopic (exact) mass is 396 g/mol. The van der Waals surface area contributed by atoms with E-state index in [1.54, 1.807) is 18.9 Å². The van der Waals surface area contributed by atoms with Gasteiger partial charge in [0.25, 0.3) is 0 Å². The number of para-hydroxylation sites is 1. The van der Waals surface area contributed by atoms with E-state index in [2.05, 4.69) is 69.2 Å². The lowest BCUT2D eigenvalue weighted by atomic mass is 9.79. The van der Waals surface area contributed by atoms with Crippen molar-refractivity contribution in [3.63, 3.8) is 0 Å². The summed E-state index contributed by atoms with van der Waals surface area (Å²) in [7, 11) is 1.75. The van der Waals surface area contributed by atoms with Crippen LogP contribution >= 0.6 is 11.8 Å². The Kier molecular flexibility index (Phi) is 6.39. The summed E-state index contributed by atoms with van der Waals surface area (Å²) in [6.45, 7) is 10.3. The zero-order chi connectivity index (χ0) is 20.3. The minimum Gasteiger partial charge on any atom is -0.496 e. The van der Waals surface area contributed by atoms with E-state index in [0.29, 0.717) is 5.92 Å². The van der Waals surface area contributed by atoms with Crippen molar-refractivity contribution in [3.05, 3.63) is 47.5 Å². The average molecular weight is 397 g/mol. The van der Waals surface area contributed by atoms with Crippen LogP contribution in [0.1, 0.15) is 57.6 Å². The molecule has 28 heavy (non-hydrogen) atoms. The molecule has 0 amide bonds. The lowest BCUT2D eigenvalue weighted by Gasteiger charge is -2.47. The SMILES string of the molecule is CCCN1c2cc(OC)c(C=Nc3ccccc3SC)cc2C(C)CC1(C)C. The van der Waals surface area contributed by atoms with E-state index in [4.69, 9.17) is 9.73 Å². The zero-order valence-corrected chi connectivity index (χ0v) is 18.8. The van der Waals surface area contributed by atoms with E-state index in [1.165, 1.54) is 16.1 Å². The smallest absolute Gasteiger partial charge is 0.129 e. The maximum absolute atomic E-state index is 5.76. The highest BCUT2D eigenvalue weighted by Crippen LogP contribution is 2.45.